The van der Waals surface area contributed by atoms with E-state index in [1.165, 1.54) is 11.3 Å². The fourth-order valence-corrected chi connectivity index (χ4v) is 3.16. The van der Waals surface area contributed by atoms with E-state index in [1.807, 2.05) is 47.8 Å². The molecule has 0 saturated heterocycles. The van der Waals surface area contributed by atoms with Crippen LogP contribution < -0.4 is 10.1 Å². The fourth-order valence-electron chi connectivity index (χ4n) is 2.36. The number of nitrogens with one attached hydrogen (secondary N) is 1. The van der Waals surface area contributed by atoms with Crippen LogP contribution in [0.1, 0.15) is 11.3 Å². The predicted molar refractivity (Wildman–Crippen MR) is 98.8 cm³/mol. The normalized spacial score (nSPS) is 10.4. The first kappa shape index (κ1) is 17.1. The highest BCUT2D eigenvalue weighted by molar-refractivity contribution is 7.13. The van der Waals surface area contributed by atoms with Crippen LogP contribution in [0.5, 0.6) is 5.75 Å². The van der Waals surface area contributed by atoms with Gasteiger partial charge >= 0.3 is 0 Å². The summed E-state index contributed by atoms with van der Waals surface area (Å²) in [5.74, 6) is 0.811. The number of methoxy groups -OCH3 is 1. The molecule has 3 rings (SSSR count). The molecule has 0 spiro atoms. The Hall–Kier alpha value is -2.73. The Labute approximate surface area is 150 Å². The molecule has 0 aliphatic carbocycles. The van der Waals surface area contributed by atoms with Crippen molar-refractivity contribution in [2.24, 2.45) is 0 Å². The van der Waals surface area contributed by atoms with Crippen molar-refractivity contribution in [1.29, 1.82) is 0 Å². The maximum atomic E-state index is 12.1. The lowest BCUT2D eigenvalue weighted by atomic mass is 10.1. The number of pyridine rings is 1. The average molecular weight is 353 g/mol. The van der Waals surface area contributed by atoms with E-state index in [4.69, 9.17) is 4.74 Å². The number of carbonyl (C=O) groups excluding carboxylic acids is 1. The summed E-state index contributed by atoms with van der Waals surface area (Å²) in [6.45, 7) is 0.600. The van der Waals surface area contributed by atoms with E-state index >= 15 is 0 Å². The molecular weight excluding hydrogens is 334 g/mol. The number of hydrogen-bond donors (Lipinski definition) is 1. The molecule has 0 aliphatic heterocycles. The maximum absolute atomic E-state index is 12.1. The SMILES string of the molecule is COc1ccc(CCNC(=O)Cc2csc(-c3ccccn3)n2)cc1. The first-order chi connectivity index (χ1) is 12.2. The third kappa shape index (κ3) is 4.87. The highest BCUT2D eigenvalue weighted by Crippen LogP contribution is 2.21. The summed E-state index contributed by atoms with van der Waals surface area (Å²) >= 11 is 1.50. The maximum Gasteiger partial charge on any atom is 0.226 e. The van der Waals surface area contributed by atoms with Gasteiger partial charge in [-0.3, -0.25) is 9.78 Å². The minimum Gasteiger partial charge on any atom is -0.497 e. The topological polar surface area (TPSA) is 64.1 Å². The second kappa shape index (κ2) is 8.39. The summed E-state index contributed by atoms with van der Waals surface area (Å²) in [4.78, 5) is 20.8. The Morgan fingerprint density at radius 1 is 1.20 bits per heavy atom. The van der Waals surface area contributed by atoms with Crippen LogP contribution in [0.4, 0.5) is 0 Å². The molecule has 0 unspecified atom stereocenters. The van der Waals surface area contributed by atoms with E-state index in [2.05, 4.69) is 15.3 Å². The lowest BCUT2D eigenvalue weighted by molar-refractivity contribution is -0.120. The molecule has 0 bridgehead atoms. The second-order valence-electron chi connectivity index (χ2n) is 5.48. The third-order valence-corrected chi connectivity index (χ3v) is 4.59. The number of aromatic nitrogens is 2. The molecular formula is C19H19N3O2S. The van der Waals surface area contributed by atoms with Gasteiger partial charge in [-0.2, -0.15) is 0 Å². The molecule has 128 valence electrons. The lowest BCUT2D eigenvalue weighted by Crippen LogP contribution is -2.27. The van der Waals surface area contributed by atoms with Gasteiger partial charge in [0.05, 0.1) is 24.9 Å². The van der Waals surface area contributed by atoms with Crippen LogP contribution >= 0.6 is 11.3 Å². The van der Waals surface area contributed by atoms with E-state index in [-0.39, 0.29) is 12.3 Å². The van der Waals surface area contributed by atoms with Crippen molar-refractivity contribution in [2.45, 2.75) is 12.8 Å². The monoisotopic (exact) mass is 353 g/mol. The molecule has 2 aromatic heterocycles. The average Bonchev–Trinajstić information content (AvgIpc) is 3.11. The highest BCUT2D eigenvalue weighted by atomic mass is 32.1. The van der Waals surface area contributed by atoms with E-state index < -0.39 is 0 Å². The van der Waals surface area contributed by atoms with Gasteiger partial charge in [0.2, 0.25) is 5.91 Å². The van der Waals surface area contributed by atoms with E-state index in [9.17, 15) is 4.79 Å². The third-order valence-electron chi connectivity index (χ3n) is 3.67. The smallest absolute Gasteiger partial charge is 0.226 e. The van der Waals surface area contributed by atoms with Crippen molar-refractivity contribution in [1.82, 2.24) is 15.3 Å². The van der Waals surface area contributed by atoms with Crippen LogP contribution in [-0.4, -0.2) is 29.5 Å². The molecule has 1 amide bonds. The van der Waals surface area contributed by atoms with Crippen molar-refractivity contribution < 1.29 is 9.53 Å². The minimum atomic E-state index is -0.0219. The van der Waals surface area contributed by atoms with Gasteiger partial charge in [0.1, 0.15) is 10.8 Å². The molecule has 6 heteroatoms. The van der Waals surface area contributed by atoms with Crippen LogP contribution in [0.15, 0.2) is 54.0 Å². The summed E-state index contributed by atoms with van der Waals surface area (Å²) in [5, 5.41) is 5.68. The van der Waals surface area contributed by atoms with Crippen molar-refractivity contribution >= 4 is 17.2 Å². The molecule has 25 heavy (non-hydrogen) atoms. The van der Waals surface area contributed by atoms with Gasteiger partial charge in [-0.15, -0.1) is 11.3 Å². The quantitative estimate of drug-likeness (QED) is 0.709. The summed E-state index contributed by atoms with van der Waals surface area (Å²) in [6, 6.07) is 13.6. The Morgan fingerprint density at radius 2 is 2.04 bits per heavy atom. The molecule has 0 aliphatic rings. The van der Waals surface area contributed by atoms with E-state index in [0.29, 0.717) is 6.54 Å². The molecule has 1 aromatic carbocycles. The van der Waals surface area contributed by atoms with Gasteiger partial charge in [0.15, 0.2) is 0 Å². The molecule has 0 saturated carbocycles. The number of amides is 1. The van der Waals surface area contributed by atoms with Gasteiger partial charge < -0.3 is 10.1 Å². The van der Waals surface area contributed by atoms with Crippen molar-refractivity contribution in [3.8, 4) is 16.5 Å². The van der Waals surface area contributed by atoms with Crippen LogP contribution in [0.3, 0.4) is 0 Å². The molecule has 0 atom stereocenters. The largest absolute Gasteiger partial charge is 0.497 e. The summed E-state index contributed by atoms with van der Waals surface area (Å²) in [6.07, 6.45) is 2.81. The number of thiazole rings is 1. The van der Waals surface area contributed by atoms with Crippen LogP contribution in [-0.2, 0) is 17.6 Å². The standard InChI is InChI=1S/C19H19N3O2S/c1-24-16-7-5-14(6-8-16)9-11-21-18(23)12-15-13-25-19(22-15)17-4-2-3-10-20-17/h2-8,10,13H,9,11-12H2,1H3,(H,21,23). The Kier molecular flexibility index (Phi) is 5.74. The summed E-state index contributed by atoms with van der Waals surface area (Å²) in [7, 11) is 1.65. The minimum absolute atomic E-state index is 0.0219. The molecule has 2 heterocycles. The predicted octanol–water partition coefficient (Wildman–Crippen LogP) is 3.12. The number of nitrogens with zero attached hydrogens (tertiary/aromatic N) is 2. The number of carbonyl (C=O) groups is 1. The van der Waals surface area contributed by atoms with Crippen LogP contribution in [0.25, 0.3) is 10.7 Å². The number of hydrogen-bond acceptors (Lipinski definition) is 5. The Bertz CT molecular complexity index is 816. The number of ether oxygens (including phenoxy) is 1. The zero-order valence-corrected chi connectivity index (χ0v) is 14.8. The van der Waals surface area contributed by atoms with Gasteiger partial charge in [-0.1, -0.05) is 18.2 Å². The van der Waals surface area contributed by atoms with Crippen LogP contribution in [0, 0.1) is 0 Å². The van der Waals surface area contributed by atoms with E-state index in [0.717, 1.165) is 34.1 Å². The van der Waals surface area contributed by atoms with Gasteiger partial charge in [0, 0.05) is 18.1 Å². The summed E-state index contributed by atoms with van der Waals surface area (Å²) < 4.78 is 5.13. The first-order valence-corrected chi connectivity index (χ1v) is 8.88. The van der Waals surface area contributed by atoms with Crippen molar-refractivity contribution in [2.75, 3.05) is 13.7 Å². The second-order valence-corrected chi connectivity index (χ2v) is 6.34. The first-order valence-electron chi connectivity index (χ1n) is 8.00. The molecule has 0 fully saturated rings. The summed E-state index contributed by atoms with van der Waals surface area (Å²) in [5.41, 5.74) is 2.76. The van der Waals surface area contributed by atoms with Crippen LogP contribution in [0.2, 0.25) is 0 Å². The zero-order chi connectivity index (χ0) is 17.5. The zero-order valence-electron chi connectivity index (χ0n) is 13.9. The van der Waals surface area contributed by atoms with Crippen molar-refractivity contribution in [3.63, 3.8) is 0 Å². The van der Waals surface area contributed by atoms with E-state index in [1.54, 1.807) is 13.3 Å². The molecule has 5 nitrogen and oxygen atoms in total. The highest BCUT2D eigenvalue weighted by Gasteiger charge is 2.09. The molecule has 3 aromatic rings. The van der Waals surface area contributed by atoms with Crippen molar-refractivity contribution in [3.05, 3.63) is 65.3 Å². The molecule has 1 N–H and O–H groups in total. The number of rotatable bonds is 7. The lowest BCUT2D eigenvalue weighted by Gasteiger charge is -2.05. The van der Waals surface area contributed by atoms with Gasteiger partial charge in [-0.25, -0.2) is 4.98 Å². The fraction of sp³-hybridized carbons (Fsp3) is 0.211. The van der Waals surface area contributed by atoms with Gasteiger partial charge in [-0.05, 0) is 36.2 Å². The molecule has 0 radical (unpaired) electrons. The number of benzene rings is 1. The Morgan fingerprint density at radius 3 is 2.76 bits per heavy atom. The Balaban J connectivity index is 1.47. The van der Waals surface area contributed by atoms with Gasteiger partial charge in [0.25, 0.3) is 0 Å².